The van der Waals surface area contributed by atoms with Gasteiger partial charge in [0.15, 0.2) is 0 Å². The van der Waals surface area contributed by atoms with E-state index in [1.165, 1.54) is 0 Å². The molecule has 0 bridgehead atoms. The van der Waals surface area contributed by atoms with Crippen LogP contribution in [-0.4, -0.2) is 18.8 Å². The molecule has 0 saturated carbocycles. The molecule has 3 heteroatoms. The second-order valence-corrected chi connectivity index (χ2v) is 3.48. The minimum absolute atomic E-state index is 0.293. The first-order valence-corrected chi connectivity index (χ1v) is 4.78. The highest BCUT2D eigenvalue weighted by Gasteiger charge is 2.15. The number of phenols is 1. The summed E-state index contributed by atoms with van der Waals surface area (Å²) in [5, 5.41) is 9.48. The maximum absolute atomic E-state index is 9.48. The molecule has 3 nitrogen and oxygen atoms in total. The van der Waals surface area contributed by atoms with Gasteiger partial charge in [-0.3, -0.25) is 0 Å². The third-order valence-electron chi connectivity index (χ3n) is 2.36. The second kappa shape index (κ2) is 3.88. The number of aryl methyl sites for hydroxylation is 1. The molecule has 0 spiro atoms. The molecule has 1 heterocycles. The van der Waals surface area contributed by atoms with Crippen molar-refractivity contribution in [1.29, 1.82) is 0 Å². The van der Waals surface area contributed by atoms with Crippen molar-refractivity contribution in [3.8, 4) is 11.5 Å². The van der Waals surface area contributed by atoms with Crippen molar-refractivity contribution in [2.24, 2.45) is 0 Å². The van der Waals surface area contributed by atoms with Gasteiger partial charge in [0.2, 0.25) is 0 Å². The number of benzene rings is 1. The van der Waals surface area contributed by atoms with Crippen LogP contribution in [0.4, 0.5) is 0 Å². The Bertz CT molecular complexity index is 334. The van der Waals surface area contributed by atoms with E-state index in [4.69, 9.17) is 9.47 Å². The van der Waals surface area contributed by atoms with Gasteiger partial charge in [-0.25, -0.2) is 0 Å². The molecule has 0 saturated heterocycles. The fraction of sp³-hybridized carbons (Fsp3) is 0.455. The van der Waals surface area contributed by atoms with E-state index in [0.717, 1.165) is 36.3 Å². The van der Waals surface area contributed by atoms with Crippen molar-refractivity contribution in [2.45, 2.75) is 19.4 Å². The number of hydrogen-bond donors (Lipinski definition) is 1. The quantitative estimate of drug-likeness (QED) is 0.781. The molecule has 1 N–H and O–H groups in total. The predicted octanol–water partition coefficient (Wildman–Crippen LogP) is 1.86. The van der Waals surface area contributed by atoms with Crippen LogP contribution in [0.3, 0.4) is 0 Å². The minimum Gasteiger partial charge on any atom is -0.508 e. The fourth-order valence-corrected chi connectivity index (χ4v) is 1.81. The molecule has 1 aromatic carbocycles. The Balaban J connectivity index is 2.41. The van der Waals surface area contributed by atoms with Crippen LogP contribution in [-0.2, 0) is 17.8 Å². The molecule has 0 unspecified atom stereocenters. The van der Waals surface area contributed by atoms with Crippen LogP contribution >= 0.6 is 0 Å². The molecule has 0 aliphatic carbocycles. The van der Waals surface area contributed by atoms with Crippen LogP contribution in [0.25, 0.3) is 0 Å². The molecule has 76 valence electrons. The Labute approximate surface area is 83.3 Å². The van der Waals surface area contributed by atoms with Crippen molar-refractivity contribution in [3.63, 3.8) is 0 Å². The molecule has 0 radical (unpaired) electrons. The first-order chi connectivity index (χ1) is 6.81. The van der Waals surface area contributed by atoms with E-state index in [1.54, 1.807) is 19.2 Å². The number of phenolic OH excluding ortho intramolecular Hbond substituents is 1. The lowest BCUT2D eigenvalue weighted by atomic mass is 10.0. The van der Waals surface area contributed by atoms with Gasteiger partial charge in [-0.2, -0.15) is 0 Å². The van der Waals surface area contributed by atoms with Gasteiger partial charge in [0.25, 0.3) is 0 Å². The van der Waals surface area contributed by atoms with E-state index < -0.39 is 0 Å². The normalized spacial score (nSPS) is 14.6. The lowest BCUT2D eigenvalue weighted by Crippen LogP contribution is -2.10. The van der Waals surface area contributed by atoms with Crippen molar-refractivity contribution in [3.05, 3.63) is 23.3 Å². The molecule has 1 aliphatic heterocycles. The Morgan fingerprint density at radius 1 is 1.50 bits per heavy atom. The highest BCUT2D eigenvalue weighted by Crippen LogP contribution is 2.33. The zero-order chi connectivity index (χ0) is 9.97. The van der Waals surface area contributed by atoms with E-state index in [-0.39, 0.29) is 0 Å². The van der Waals surface area contributed by atoms with Crippen LogP contribution in [0, 0.1) is 0 Å². The van der Waals surface area contributed by atoms with Crippen molar-refractivity contribution < 1.29 is 14.6 Å². The van der Waals surface area contributed by atoms with Crippen molar-refractivity contribution >= 4 is 0 Å². The maximum atomic E-state index is 9.48. The smallest absolute Gasteiger partial charge is 0.128 e. The highest BCUT2D eigenvalue weighted by atomic mass is 16.5. The molecule has 0 aromatic heterocycles. The van der Waals surface area contributed by atoms with Gasteiger partial charge in [0.05, 0.1) is 13.2 Å². The molecule has 1 aromatic rings. The van der Waals surface area contributed by atoms with Gasteiger partial charge >= 0.3 is 0 Å². The number of hydrogen-bond acceptors (Lipinski definition) is 3. The van der Waals surface area contributed by atoms with E-state index in [0.29, 0.717) is 12.4 Å². The summed E-state index contributed by atoms with van der Waals surface area (Å²) in [5.41, 5.74) is 2.02. The van der Waals surface area contributed by atoms with Crippen LogP contribution in [0.2, 0.25) is 0 Å². The van der Waals surface area contributed by atoms with Gasteiger partial charge in [-0.05, 0) is 30.5 Å². The van der Waals surface area contributed by atoms with Gasteiger partial charge in [-0.15, -0.1) is 0 Å². The summed E-state index contributed by atoms with van der Waals surface area (Å²) in [6.07, 6.45) is 1.99. The average molecular weight is 194 g/mol. The van der Waals surface area contributed by atoms with E-state index >= 15 is 0 Å². The standard InChI is InChI=1S/C11H14O3/c1-13-7-9-6-10(12)5-8-3-2-4-14-11(8)9/h5-6,12H,2-4,7H2,1H3. The Morgan fingerprint density at radius 2 is 2.36 bits per heavy atom. The number of ether oxygens (including phenoxy) is 2. The summed E-state index contributed by atoms with van der Waals surface area (Å²) >= 11 is 0. The lowest BCUT2D eigenvalue weighted by molar-refractivity contribution is 0.177. The summed E-state index contributed by atoms with van der Waals surface area (Å²) in [5.74, 6) is 1.19. The minimum atomic E-state index is 0.293. The summed E-state index contributed by atoms with van der Waals surface area (Å²) in [6, 6.07) is 3.47. The molecule has 1 aliphatic rings. The largest absolute Gasteiger partial charge is 0.508 e. The Kier molecular flexibility index (Phi) is 2.59. The predicted molar refractivity (Wildman–Crippen MR) is 52.6 cm³/mol. The zero-order valence-corrected chi connectivity index (χ0v) is 8.25. The van der Waals surface area contributed by atoms with Gasteiger partial charge in [0, 0.05) is 12.7 Å². The lowest BCUT2D eigenvalue weighted by Gasteiger charge is -2.20. The zero-order valence-electron chi connectivity index (χ0n) is 8.25. The van der Waals surface area contributed by atoms with Gasteiger partial charge in [0.1, 0.15) is 11.5 Å². The molecule has 0 fully saturated rings. The number of methoxy groups -OCH3 is 1. The van der Waals surface area contributed by atoms with Crippen LogP contribution in [0.15, 0.2) is 12.1 Å². The van der Waals surface area contributed by atoms with Gasteiger partial charge in [-0.1, -0.05) is 0 Å². The number of fused-ring (bicyclic) bond motifs is 1. The van der Waals surface area contributed by atoms with E-state index in [9.17, 15) is 5.11 Å². The Hall–Kier alpha value is -1.22. The number of rotatable bonds is 2. The number of aromatic hydroxyl groups is 1. The molecule has 2 rings (SSSR count). The first kappa shape index (κ1) is 9.34. The van der Waals surface area contributed by atoms with E-state index in [1.807, 2.05) is 0 Å². The summed E-state index contributed by atoms with van der Waals surface area (Å²) in [4.78, 5) is 0. The van der Waals surface area contributed by atoms with Gasteiger partial charge < -0.3 is 14.6 Å². The molecular weight excluding hydrogens is 180 g/mol. The SMILES string of the molecule is COCc1cc(O)cc2c1OCCC2. The molecule has 0 atom stereocenters. The van der Waals surface area contributed by atoms with Crippen LogP contribution in [0.1, 0.15) is 17.5 Å². The molecular formula is C11H14O3. The third kappa shape index (κ3) is 1.68. The molecule has 0 amide bonds. The fourth-order valence-electron chi connectivity index (χ4n) is 1.81. The van der Waals surface area contributed by atoms with Crippen LogP contribution < -0.4 is 4.74 Å². The summed E-state index contributed by atoms with van der Waals surface area (Å²) in [7, 11) is 1.64. The topological polar surface area (TPSA) is 38.7 Å². The van der Waals surface area contributed by atoms with Crippen molar-refractivity contribution in [1.82, 2.24) is 0 Å². The Morgan fingerprint density at radius 3 is 3.14 bits per heavy atom. The van der Waals surface area contributed by atoms with Crippen molar-refractivity contribution in [2.75, 3.05) is 13.7 Å². The highest BCUT2D eigenvalue weighted by molar-refractivity contribution is 5.47. The third-order valence-corrected chi connectivity index (χ3v) is 2.36. The average Bonchev–Trinajstić information content (AvgIpc) is 2.18. The summed E-state index contributed by atoms with van der Waals surface area (Å²) < 4.78 is 10.6. The van der Waals surface area contributed by atoms with E-state index in [2.05, 4.69) is 0 Å². The maximum Gasteiger partial charge on any atom is 0.128 e. The monoisotopic (exact) mass is 194 g/mol. The second-order valence-electron chi connectivity index (χ2n) is 3.48. The molecule has 14 heavy (non-hydrogen) atoms. The summed E-state index contributed by atoms with van der Waals surface area (Å²) in [6.45, 7) is 1.24. The first-order valence-electron chi connectivity index (χ1n) is 4.78. The van der Waals surface area contributed by atoms with Crippen LogP contribution in [0.5, 0.6) is 11.5 Å².